The van der Waals surface area contributed by atoms with Gasteiger partial charge in [-0.3, -0.25) is 9.89 Å². The van der Waals surface area contributed by atoms with Crippen molar-refractivity contribution in [1.82, 2.24) is 20.5 Å². The number of guanidine groups is 1. The number of likely N-dealkylation sites (tertiary alicyclic amines) is 1. The lowest BCUT2D eigenvalue weighted by Gasteiger charge is -2.41. The minimum Gasteiger partial charge on any atom is -0.356 e. The van der Waals surface area contributed by atoms with E-state index in [9.17, 15) is 0 Å². The van der Waals surface area contributed by atoms with Gasteiger partial charge in [0.05, 0.1) is 10.7 Å². The highest BCUT2D eigenvalue weighted by Gasteiger charge is 2.27. The molecule has 0 saturated carbocycles. The molecule has 25 heavy (non-hydrogen) atoms. The van der Waals surface area contributed by atoms with Crippen LogP contribution >= 0.6 is 35.3 Å². The number of thiazole rings is 1. The third-order valence-electron chi connectivity index (χ3n) is 4.70. The van der Waals surface area contributed by atoms with Gasteiger partial charge in [-0.25, -0.2) is 4.98 Å². The number of nitrogens with zero attached hydrogens (tertiary/aromatic N) is 3. The molecule has 0 amide bonds. The molecule has 0 spiro atoms. The van der Waals surface area contributed by atoms with E-state index in [-0.39, 0.29) is 29.5 Å². The number of aromatic nitrogens is 1. The van der Waals surface area contributed by atoms with Crippen molar-refractivity contribution in [3.05, 3.63) is 16.1 Å². The molecule has 1 aliphatic heterocycles. The Morgan fingerprint density at radius 3 is 2.60 bits per heavy atom. The molecule has 7 heteroatoms. The second-order valence-corrected chi connectivity index (χ2v) is 7.99. The summed E-state index contributed by atoms with van der Waals surface area (Å²) in [5.74, 6) is 0.881. The van der Waals surface area contributed by atoms with E-state index in [0.717, 1.165) is 31.9 Å². The second kappa shape index (κ2) is 11.3. The molecule has 0 bridgehead atoms. The molecule has 2 rings (SSSR count). The van der Waals surface area contributed by atoms with Crippen molar-refractivity contribution in [2.45, 2.75) is 58.4 Å². The molecule has 1 aromatic heterocycles. The van der Waals surface area contributed by atoms with Crippen molar-refractivity contribution < 1.29 is 0 Å². The van der Waals surface area contributed by atoms with Crippen LogP contribution in [-0.4, -0.2) is 54.6 Å². The van der Waals surface area contributed by atoms with E-state index in [0.29, 0.717) is 0 Å². The Morgan fingerprint density at radius 2 is 2.00 bits per heavy atom. The maximum atomic E-state index is 4.61. The normalized spacial score (nSPS) is 16.4. The minimum absolute atomic E-state index is 0. The van der Waals surface area contributed by atoms with Crippen LogP contribution in [0.15, 0.2) is 10.4 Å². The van der Waals surface area contributed by atoms with E-state index >= 15 is 0 Å². The van der Waals surface area contributed by atoms with Crippen molar-refractivity contribution in [3.8, 4) is 0 Å². The van der Waals surface area contributed by atoms with Crippen LogP contribution in [0.4, 0.5) is 0 Å². The molecule has 2 heterocycles. The van der Waals surface area contributed by atoms with Crippen LogP contribution < -0.4 is 10.6 Å². The Hall–Kier alpha value is -0.410. The van der Waals surface area contributed by atoms with Gasteiger partial charge in [0.1, 0.15) is 0 Å². The Kier molecular flexibility index (Phi) is 10.3. The van der Waals surface area contributed by atoms with E-state index in [1.165, 1.54) is 43.1 Å². The van der Waals surface area contributed by atoms with Crippen LogP contribution in [0.2, 0.25) is 0 Å². The third kappa shape index (κ3) is 7.38. The van der Waals surface area contributed by atoms with Crippen molar-refractivity contribution in [2.75, 3.05) is 33.2 Å². The summed E-state index contributed by atoms with van der Waals surface area (Å²) in [4.78, 5) is 11.6. The maximum absolute atomic E-state index is 4.61. The quantitative estimate of drug-likeness (QED) is 0.358. The predicted molar refractivity (Wildman–Crippen MR) is 119 cm³/mol. The second-order valence-electron chi connectivity index (χ2n) is 7.05. The van der Waals surface area contributed by atoms with Crippen LogP contribution in [0.3, 0.4) is 0 Å². The number of hydrogen-bond donors (Lipinski definition) is 2. The zero-order valence-corrected chi connectivity index (χ0v) is 19.2. The van der Waals surface area contributed by atoms with Gasteiger partial charge in [0, 0.05) is 37.5 Å². The van der Waals surface area contributed by atoms with Gasteiger partial charge in [-0.1, -0.05) is 13.3 Å². The molecule has 1 fully saturated rings. The Morgan fingerprint density at radius 1 is 1.28 bits per heavy atom. The molecular formula is C18H34IN5S. The molecule has 1 aliphatic rings. The summed E-state index contributed by atoms with van der Waals surface area (Å²) < 4.78 is 0. The van der Waals surface area contributed by atoms with E-state index in [2.05, 4.69) is 51.7 Å². The number of rotatable bonds is 7. The summed E-state index contributed by atoms with van der Waals surface area (Å²) in [5.41, 5.74) is 1.33. The maximum Gasteiger partial charge on any atom is 0.191 e. The Balaban J connectivity index is 0.00000312. The molecule has 0 atom stereocenters. The fraction of sp³-hybridized carbons (Fsp3) is 0.778. The SMILES string of the molecule is CCc1nc(CCNC(=NC)NCC(C)(C)N2CCCCC2)cs1.I. The van der Waals surface area contributed by atoms with Gasteiger partial charge < -0.3 is 10.6 Å². The molecule has 1 saturated heterocycles. The lowest BCUT2D eigenvalue weighted by atomic mass is 9.98. The minimum atomic E-state index is 0. The van der Waals surface area contributed by atoms with E-state index in [1.54, 1.807) is 11.3 Å². The van der Waals surface area contributed by atoms with Gasteiger partial charge in [-0.2, -0.15) is 0 Å². The number of nitrogens with one attached hydrogen (secondary N) is 2. The van der Waals surface area contributed by atoms with Crippen LogP contribution in [0.1, 0.15) is 50.7 Å². The van der Waals surface area contributed by atoms with Crippen LogP contribution in [0.25, 0.3) is 0 Å². The fourth-order valence-corrected chi connectivity index (χ4v) is 3.85. The van der Waals surface area contributed by atoms with E-state index < -0.39 is 0 Å². The number of halogens is 1. The molecular weight excluding hydrogens is 445 g/mol. The third-order valence-corrected chi connectivity index (χ3v) is 5.74. The van der Waals surface area contributed by atoms with Crippen molar-refractivity contribution in [2.24, 2.45) is 4.99 Å². The monoisotopic (exact) mass is 479 g/mol. The van der Waals surface area contributed by atoms with Gasteiger partial charge >= 0.3 is 0 Å². The summed E-state index contributed by atoms with van der Waals surface area (Å²) >= 11 is 1.75. The summed E-state index contributed by atoms with van der Waals surface area (Å²) in [7, 11) is 1.83. The molecule has 144 valence electrons. The van der Waals surface area contributed by atoms with E-state index in [4.69, 9.17) is 0 Å². The van der Waals surface area contributed by atoms with Gasteiger partial charge in [-0.05, 0) is 46.2 Å². The molecule has 2 N–H and O–H groups in total. The highest BCUT2D eigenvalue weighted by Crippen LogP contribution is 2.19. The first-order valence-corrected chi connectivity index (χ1v) is 10.1. The molecule has 0 radical (unpaired) electrons. The summed E-state index contributed by atoms with van der Waals surface area (Å²) in [6.45, 7) is 11.0. The number of aryl methyl sites for hydroxylation is 1. The standard InChI is InChI=1S/C18H33N5S.HI/c1-5-16-22-15(13-24-16)9-10-20-17(19-4)21-14-18(2,3)23-11-7-6-8-12-23;/h13H,5-12,14H2,1-4H3,(H2,19,20,21);1H. The number of hydrogen-bond acceptors (Lipinski definition) is 4. The first-order valence-electron chi connectivity index (χ1n) is 9.18. The zero-order chi connectivity index (χ0) is 17.4. The average molecular weight is 479 g/mol. The Labute approximate surface area is 174 Å². The van der Waals surface area contributed by atoms with Gasteiger partial charge in [0.15, 0.2) is 5.96 Å². The van der Waals surface area contributed by atoms with Gasteiger partial charge in [-0.15, -0.1) is 35.3 Å². The molecule has 0 unspecified atom stereocenters. The topological polar surface area (TPSA) is 52.6 Å². The number of piperidine rings is 1. The summed E-state index contributed by atoms with van der Waals surface area (Å²) in [6.07, 6.45) is 5.98. The van der Waals surface area contributed by atoms with Crippen LogP contribution in [0, 0.1) is 0 Å². The van der Waals surface area contributed by atoms with E-state index in [1.807, 2.05) is 7.05 Å². The molecule has 1 aromatic rings. The summed E-state index contributed by atoms with van der Waals surface area (Å²) in [6, 6.07) is 0. The predicted octanol–water partition coefficient (Wildman–Crippen LogP) is 3.30. The summed E-state index contributed by atoms with van der Waals surface area (Å²) in [5, 5.41) is 10.3. The average Bonchev–Trinajstić information content (AvgIpc) is 3.06. The Bertz CT molecular complexity index is 523. The van der Waals surface area contributed by atoms with Crippen molar-refractivity contribution >= 4 is 41.3 Å². The van der Waals surface area contributed by atoms with Crippen LogP contribution in [0.5, 0.6) is 0 Å². The lowest BCUT2D eigenvalue weighted by Crippen LogP contribution is -2.55. The molecule has 0 aromatic carbocycles. The van der Waals surface area contributed by atoms with Gasteiger partial charge in [0.2, 0.25) is 0 Å². The van der Waals surface area contributed by atoms with Crippen molar-refractivity contribution in [1.29, 1.82) is 0 Å². The van der Waals surface area contributed by atoms with Gasteiger partial charge in [0.25, 0.3) is 0 Å². The van der Waals surface area contributed by atoms with Crippen LogP contribution in [-0.2, 0) is 12.8 Å². The fourth-order valence-electron chi connectivity index (χ4n) is 3.07. The molecule has 0 aliphatic carbocycles. The zero-order valence-electron chi connectivity index (χ0n) is 16.1. The van der Waals surface area contributed by atoms with Crippen molar-refractivity contribution in [3.63, 3.8) is 0 Å². The smallest absolute Gasteiger partial charge is 0.191 e. The lowest BCUT2D eigenvalue weighted by molar-refractivity contribution is 0.0982. The first-order chi connectivity index (χ1) is 11.5. The highest BCUT2D eigenvalue weighted by molar-refractivity contribution is 14.0. The first kappa shape index (κ1) is 22.6. The highest BCUT2D eigenvalue weighted by atomic mass is 127. The largest absolute Gasteiger partial charge is 0.356 e. The molecule has 5 nitrogen and oxygen atoms in total. The number of aliphatic imine (C=N–C) groups is 1.